The minimum absolute atomic E-state index is 0.121. The van der Waals surface area contributed by atoms with Crippen molar-refractivity contribution in [2.75, 3.05) is 34.4 Å². The van der Waals surface area contributed by atoms with Crippen molar-refractivity contribution in [2.45, 2.75) is 25.4 Å². The maximum absolute atomic E-state index is 12.8. The number of hydrogen-bond donors (Lipinski definition) is 0. The van der Waals surface area contributed by atoms with Gasteiger partial charge in [0.1, 0.15) is 11.5 Å². The van der Waals surface area contributed by atoms with E-state index >= 15 is 0 Å². The van der Waals surface area contributed by atoms with Crippen molar-refractivity contribution in [2.24, 2.45) is 0 Å². The van der Waals surface area contributed by atoms with Crippen LogP contribution in [0, 0.1) is 0 Å². The molecule has 5 heteroatoms. The monoisotopic (exact) mass is 368 g/mol. The normalized spacial score (nSPS) is 16.9. The number of ether oxygens (including phenoxy) is 2. The van der Waals surface area contributed by atoms with Gasteiger partial charge >= 0.3 is 0 Å². The van der Waals surface area contributed by atoms with Crippen molar-refractivity contribution in [1.82, 2.24) is 9.80 Å². The van der Waals surface area contributed by atoms with Gasteiger partial charge in [-0.3, -0.25) is 9.69 Å². The van der Waals surface area contributed by atoms with Crippen LogP contribution in [0.15, 0.2) is 48.5 Å². The van der Waals surface area contributed by atoms with E-state index in [2.05, 4.69) is 17.0 Å². The molecule has 0 aromatic heterocycles. The van der Waals surface area contributed by atoms with Crippen LogP contribution in [-0.2, 0) is 11.3 Å². The van der Waals surface area contributed by atoms with Gasteiger partial charge in [0.25, 0.3) is 0 Å². The molecule has 5 nitrogen and oxygen atoms in total. The fraction of sp³-hybridized carbons (Fsp3) is 0.409. The highest BCUT2D eigenvalue weighted by atomic mass is 16.5. The lowest BCUT2D eigenvalue weighted by molar-refractivity contribution is -0.131. The molecule has 2 aromatic rings. The molecule has 144 valence electrons. The van der Waals surface area contributed by atoms with Crippen LogP contribution in [-0.4, -0.2) is 50.1 Å². The summed E-state index contributed by atoms with van der Waals surface area (Å²) in [7, 11) is 5.19. The average Bonchev–Trinajstić information content (AvgIpc) is 3.16. The zero-order chi connectivity index (χ0) is 19.2. The highest BCUT2D eigenvalue weighted by Gasteiger charge is 2.28. The third-order valence-corrected chi connectivity index (χ3v) is 5.21. The second-order valence-electron chi connectivity index (χ2n) is 6.97. The fourth-order valence-electron chi connectivity index (χ4n) is 3.71. The van der Waals surface area contributed by atoms with E-state index in [1.807, 2.05) is 43.4 Å². The van der Waals surface area contributed by atoms with E-state index in [1.165, 1.54) is 5.56 Å². The molecule has 0 saturated carbocycles. The third kappa shape index (κ3) is 4.61. The molecule has 0 aliphatic carbocycles. The highest BCUT2D eigenvalue weighted by Crippen LogP contribution is 2.33. The van der Waals surface area contributed by atoms with Gasteiger partial charge in [-0.25, -0.2) is 0 Å². The Morgan fingerprint density at radius 1 is 1.15 bits per heavy atom. The maximum Gasteiger partial charge on any atom is 0.236 e. The van der Waals surface area contributed by atoms with Crippen molar-refractivity contribution >= 4 is 5.91 Å². The summed E-state index contributed by atoms with van der Waals surface area (Å²) in [5.74, 6) is 1.79. The number of likely N-dealkylation sites (N-methyl/N-ethyl adjacent to an activating group) is 1. The number of carbonyl (C=O) groups is 1. The van der Waals surface area contributed by atoms with Gasteiger partial charge in [-0.1, -0.05) is 30.3 Å². The number of hydrogen-bond acceptors (Lipinski definition) is 4. The molecule has 0 radical (unpaired) electrons. The van der Waals surface area contributed by atoms with Crippen molar-refractivity contribution < 1.29 is 14.3 Å². The molecule has 0 bridgehead atoms. The van der Waals surface area contributed by atoms with E-state index in [4.69, 9.17) is 9.47 Å². The first kappa shape index (κ1) is 19.2. The Hall–Kier alpha value is -2.53. The maximum atomic E-state index is 12.8. The Kier molecular flexibility index (Phi) is 6.35. The number of nitrogens with zero attached hydrogens (tertiary/aromatic N) is 2. The molecule has 1 saturated heterocycles. The third-order valence-electron chi connectivity index (χ3n) is 5.21. The van der Waals surface area contributed by atoms with E-state index in [0.29, 0.717) is 13.1 Å². The van der Waals surface area contributed by atoms with Gasteiger partial charge in [0, 0.05) is 25.2 Å². The first-order valence-electron chi connectivity index (χ1n) is 9.36. The zero-order valence-corrected chi connectivity index (χ0v) is 16.4. The molecular formula is C22H28N2O3. The number of carbonyl (C=O) groups excluding carboxylic acids is 1. The van der Waals surface area contributed by atoms with Crippen molar-refractivity contribution in [3.8, 4) is 11.5 Å². The number of rotatable bonds is 7. The molecule has 3 rings (SSSR count). The second kappa shape index (κ2) is 8.91. The fourth-order valence-corrected chi connectivity index (χ4v) is 3.71. The van der Waals surface area contributed by atoms with Crippen LogP contribution < -0.4 is 9.47 Å². The van der Waals surface area contributed by atoms with Crippen LogP contribution in [0.4, 0.5) is 0 Å². The molecule has 1 fully saturated rings. The number of likely N-dealkylation sites (tertiary alicyclic amines) is 1. The van der Waals surface area contributed by atoms with Crippen molar-refractivity contribution in [3.05, 3.63) is 59.7 Å². The summed E-state index contributed by atoms with van der Waals surface area (Å²) in [6.07, 6.45) is 2.17. The predicted molar refractivity (Wildman–Crippen MR) is 106 cm³/mol. The summed E-state index contributed by atoms with van der Waals surface area (Å²) >= 11 is 0. The van der Waals surface area contributed by atoms with Crippen LogP contribution >= 0.6 is 0 Å². The molecule has 1 aliphatic rings. The quantitative estimate of drug-likeness (QED) is 0.750. The van der Waals surface area contributed by atoms with Gasteiger partial charge in [0.05, 0.1) is 20.8 Å². The molecule has 1 aliphatic heterocycles. The molecule has 1 atom stereocenters. The largest absolute Gasteiger partial charge is 0.497 e. The molecular weight excluding hydrogens is 340 g/mol. The van der Waals surface area contributed by atoms with Gasteiger partial charge in [-0.2, -0.15) is 0 Å². The lowest BCUT2D eigenvalue weighted by atomic mass is 10.0. The number of amides is 1. The summed E-state index contributed by atoms with van der Waals surface area (Å²) in [5, 5.41) is 0. The highest BCUT2D eigenvalue weighted by molar-refractivity contribution is 5.78. The Morgan fingerprint density at radius 3 is 2.74 bits per heavy atom. The molecule has 1 heterocycles. The topological polar surface area (TPSA) is 42.0 Å². The van der Waals surface area contributed by atoms with E-state index in [9.17, 15) is 4.79 Å². The van der Waals surface area contributed by atoms with Gasteiger partial charge < -0.3 is 14.4 Å². The van der Waals surface area contributed by atoms with E-state index in [-0.39, 0.29) is 11.9 Å². The van der Waals surface area contributed by atoms with E-state index in [0.717, 1.165) is 36.4 Å². The minimum atomic E-state index is 0.121. The van der Waals surface area contributed by atoms with Crippen molar-refractivity contribution in [1.29, 1.82) is 0 Å². The molecule has 1 unspecified atom stereocenters. The predicted octanol–water partition coefficient (Wildman–Crippen LogP) is 3.50. The molecule has 1 amide bonds. The summed E-state index contributed by atoms with van der Waals surface area (Å²) in [5.41, 5.74) is 2.23. The van der Waals surface area contributed by atoms with Crippen LogP contribution in [0.2, 0.25) is 0 Å². The number of para-hydroxylation sites is 1. The first-order valence-corrected chi connectivity index (χ1v) is 9.36. The standard InChI is InChI=1S/C22H28N2O3/c1-23(15-18-8-4-5-12-21(18)27-3)22(25)16-24-13-7-11-20(24)17-9-6-10-19(14-17)26-2/h4-6,8-10,12,14,20H,7,11,13,15-16H2,1-3H3. The van der Waals surface area contributed by atoms with Crippen LogP contribution in [0.3, 0.4) is 0 Å². The lowest BCUT2D eigenvalue weighted by Crippen LogP contribution is -2.37. The first-order chi connectivity index (χ1) is 13.1. The summed E-state index contributed by atoms with van der Waals surface area (Å²) < 4.78 is 10.7. The van der Waals surface area contributed by atoms with Crippen LogP contribution in [0.5, 0.6) is 11.5 Å². The average molecular weight is 368 g/mol. The Labute approximate surface area is 161 Å². The Bertz CT molecular complexity index is 778. The van der Waals surface area contributed by atoms with Gasteiger partial charge in [0.2, 0.25) is 5.91 Å². The number of methoxy groups -OCH3 is 2. The second-order valence-corrected chi connectivity index (χ2v) is 6.97. The van der Waals surface area contributed by atoms with Gasteiger partial charge in [-0.15, -0.1) is 0 Å². The lowest BCUT2D eigenvalue weighted by Gasteiger charge is -2.27. The van der Waals surface area contributed by atoms with E-state index < -0.39 is 0 Å². The summed E-state index contributed by atoms with van der Waals surface area (Å²) in [6.45, 7) is 1.91. The minimum Gasteiger partial charge on any atom is -0.497 e. The van der Waals surface area contributed by atoms with E-state index in [1.54, 1.807) is 19.1 Å². The van der Waals surface area contributed by atoms with Crippen molar-refractivity contribution in [3.63, 3.8) is 0 Å². The Balaban J connectivity index is 1.65. The summed E-state index contributed by atoms with van der Waals surface area (Å²) in [4.78, 5) is 16.9. The SMILES string of the molecule is COc1cccc(C2CCCN2CC(=O)N(C)Cc2ccccc2OC)c1. The van der Waals surface area contributed by atoms with Crippen LogP contribution in [0.1, 0.15) is 30.0 Å². The zero-order valence-electron chi connectivity index (χ0n) is 16.4. The smallest absolute Gasteiger partial charge is 0.236 e. The molecule has 0 N–H and O–H groups in total. The van der Waals surface area contributed by atoms with Gasteiger partial charge in [0.15, 0.2) is 0 Å². The summed E-state index contributed by atoms with van der Waals surface area (Å²) in [6, 6.07) is 16.3. The van der Waals surface area contributed by atoms with Crippen LogP contribution in [0.25, 0.3) is 0 Å². The molecule has 2 aromatic carbocycles. The van der Waals surface area contributed by atoms with Gasteiger partial charge in [-0.05, 0) is 43.1 Å². The number of benzene rings is 2. The molecule has 27 heavy (non-hydrogen) atoms. The molecule has 0 spiro atoms. The Morgan fingerprint density at radius 2 is 1.96 bits per heavy atom.